The van der Waals surface area contributed by atoms with Crippen LogP contribution in [0.5, 0.6) is 0 Å². The number of amides is 2. The number of hydrogen-bond acceptors (Lipinski definition) is 4. The molecule has 142 valence electrons. The van der Waals surface area contributed by atoms with Gasteiger partial charge in [-0.15, -0.1) is 0 Å². The van der Waals surface area contributed by atoms with E-state index < -0.39 is 12.1 Å². The third-order valence-corrected chi connectivity index (χ3v) is 4.08. The Morgan fingerprint density at radius 3 is 2.38 bits per heavy atom. The largest absolute Gasteiger partial charge is 0.459 e. The molecule has 0 bridgehead atoms. The first-order valence-electron chi connectivity index (χ1n) is 8.64. The Hall–Kier alpha value is -2.21. The fourth-order valence-corrected chi connectivity index (χ4v) is 2.71. The highest BCUT2D eigenvalue weighted by molar-refractivity contribution is 6.31. The second-order valence-electron chi connectivity index (χ2n) is 6.88. The Bertz CT molecular complexity index is 785. The number of rotatable bonds is 6. The number of alkyl carbamates (subject to hydrolysis) is 1. The molecule has 1 aromatic heterocycles. The van der Waals surface area contributed by atoms with Crippen molar-refractivity contribution >= 4 is 34.6 Å². The van der Waals surface area contributed by atoms with E-state index in [4.69, 9.17) is 20.8 Å². The van der Waals surface area contributed by atoms with Gasteiger partial charge in [-0.25, -0.2) is 4.79 Å². The summed E-state index contributed by atoms with van der Waals surface area (Å²) in [7, 11) is 0. The lowest BCUT2D eigenvalue weighted by Gasteiger charge is -2.23. The van der Waals surface area contributed by atoms with Crippen LogP contribution in [0.3, 0.4) is 0 Å². The number of ether oxygens (including phenoxy) is 1. The van der Waals surface area contributed by atoms with Crippen LogP contribution in [0.2, 0.25) is 5.02 Å². The Labute approximate surface area is 158 Å². The second kappa shape index (κ2) is 8.45. The van der Waals surface area contributed by atoms with E-state index in [2.05, 4.69) is 10.6 Å². The normalized spacial score (nSPS) is 13.7. The zero-order valence-corrected chi connectivity index (χ0v) is 16.4. The second-order valence-corrected chi connectivity index (χ2v) is 7.32. The summed E-state index contributed by atoms with van der Waals surface area (Å²) in [6.45, 7) is 9.03. The fourth-order valence-electron chi connectivity index (χ4n) is 2.53. The molecule has 0 saturated heterocycles. The molecule has 7 heteroatoms. The lowest BCUT2D eigenvalue weighted by Crippen LogP contribution is -2.50. The van der Waals surface area contributed by atoms with Gasteiger partial charge in [-0.1, -0.05) is 25.4 Å². The predicted octanol–water partition coefficient (Wildman–Crippen LogP) is 4.42. The number of carbonyl (C=O) groups excluding carboxylic acids is 2. The molecule has 2 atom stereocenters. The molecule has 0 fully saturated rings. The maximum atomic E-state index is 12.6. The number of hydrogen-bond donors (Lipinski definition) is 2. The van der Waals surface area contributed by atoms with Crippen molar-refractivity contribution in [3.05, 3.63) is 35.0 Å². The highest BCUT2D eigenvalue weighted by atomic mass is 35.5. The zero-order valence-electron chi connectivity index (χ0n) is 15.6. The molecule has 2 N–H and O–H groups in total. The van der Waals surface area contributed by atoms with Crippen molar-refractivity contribution in [3.63, 3.8) is 0 Å². The average Bonchev–Trinajstić information content (AvgIpc) is 2.94. The van der Waals surface area contributed by atoms with E-state index in [0.717, 1.165) is 5.39 Å². The molecule has 2 rings (SSSR count). The van der Waals surface area contributed by atoms with Crippen LogP contribution in [0.4, 0.5) is 4.79 Å². The third kappa shape index (κ3) is 5.14. The standard InChI is InChI=1S/C19H25ClN2O4/c1-10(2)17(22-19(24)25-11(3)4)18(23)21-12(5)16-9-13-8-14(20)6-7-15(13)26-16/h6-12,17H,1-5H3,(H,21,23)(H,22,24)/t12?,17-/m0/s1. The van der Waals surface area contributed by atoms with E-state index in [1.807, 2.05) is 26.8 Å². The van der Waals surface area contributed by atoms with Gasteiger partial charge < -0.3 is 19.8 Å². The summed E-state index contributed by atoms with van der Waals surface area (Å²) in [4.78, 5) is 24.4. The Balaban J connectivity index is 2.07. The molecule has 0 aliphatic heterocycles. The van der Waals surface area contributed by atoms with E-state index in [0.29, 0.717) is 16.4 Å². The minimum atomic E-state index is -0.706. The highest BCUT2D eigenvalue weighted by Crippen LogP contribution is 2.26. The molecule has 26 heavy (non-hydrogen) atoms. The number of furan rings is 1. The van der Waals surface area contributed by atoms with Gasteiger partial charge in [-0.05, 0) is 51.0 Å². The SMILES string of the molecule is CC(C)OC(=O)N[C@H](C(=O)NC(C)c1cc2cc(Cl)ccc2o1)C(C)C. The lowest BCUT2D eigenvalue weighted by atomic mass is 10.0. The van der Waals surface area contributed by atoms with Gasteiger partial charge in [0.25, 0.3) is 0 Å². The van der Waals surface area contributed by atoms with Crippen LogP contribution >= 0.6 is 11.6 Å². The van der Waals surface area contributed by atoms with Crippen molar-refractivity contribution in [2.75, 3.05) is 0 Å². The molecule has 1 unspecified atom stereocenters. The average molecular weight is 381 g/mol. The molecule has 2 amide bonds. The lowest BCUT2D eigenvalue weighted by molar-refractivity contribution is -0.124. The molecular formula is C19H25ClN2O4. The van der Waals surface area contributed by atoms with E-state index >= 15 is 0 Å². The Kier molecular flexibility index (Phi) is 6.53. The van der Waals surface area contributed by atoms with Gasteiger partial charge in [-0.2, -0.15) is 0 Å². The molecule has 0 saturated carbocycles. The first kappa shape index (κ1) is 20.1. The molecule has 0 spiro atoms. The molecule has 6 nitrogen and oxygen atoms in total. The van der Waals surface area contributed by atoms with Gasteiger partial charge in [0.15, 0.2) is 0 Å². The molecule has 0 radical (unpaired) electrons. The van der Waals surface area contributed by atoms with E-state index in [9.17, 15) is 9.59 Å². The molecular weight excluding hydrogens is 356 g/mol. The quantitative estimate of drug-likeness (QED) is 0.777. The Morgan fingerprint density at radius 2 is 1.77 bits per heavy atom. The van der Waals surface area contributed by atoms with Crippen LogP contribution in [0.1, 0.15) is 46.4 Å². The first-order valence-corrected chi connectivity index (χ1v) is 9.01. The van der Waals surface area contributed by atoms with Gasteiger partial charge in [0, 0.05) is 10.4 Å². The molecule has 1 aromatic carbocycles. The van der Waals surface area contributed by atoms with Crippen molar-refractivity contribution in [2.45, 2.75) is 52.8 Å². The summed E-state index contributed by atoms with van der Waals surface area (Å²) in [5.74, 6) is 0.214. The van der Waals surface area contributed by atoms with Crippen LogP contribution in [0.25, 0.3) is 11.0 Å². The van der Waals surface area contributed by atoms with Gasteiger partial charge in [0.2, 0.25) is 5.91 Å². The summed E-state index contributed by atoms with van der Waals surface area (Å²) in [6, 6.07) is 6.12. The van der Waals surface area contributed by atoms with Crippen molar-refractivity contribution in [1.82, 2.24) is 10.6 Å². The van der Waals surface area contributed by atoms with Crippen molar-refractivity contribution in [3.8, 4) is 0 Å². The summed E-state index contributed by atoms with van der Waals surface area (Å²) in [5, 5.41) is 6.98. The van der Waals surface area contributed by atoms with Crippen LogP contribution < -0.4 is 10.6 Å². The highest BCUT2D eigenvalue weighted by Gasteiger charge is 2.27. The van der Waals surface area contributed by atoms with Crippen LogP contribution in [-0.4, -0.2) is 24.1 Å². The predicted molar refractivity (Wildman–Crippen MR) is 101 cm³/mol. The molecule has 0 aliphatic rings. The minimum absolute atomic E-state index is 0.101. The Morgan fingerprint density at radius 1 is 1.08 bits per heavy atom. The number of nitrogens with one attached hydrogen (secondary N) is 2. The van der Waals surface area contributed by atoms with Gasteiger partial charge in [-0.3, -0.25) is 4.79 Å². The van der Waals surface area contributed by atoms with Gasteiger partial charge >= 0.3 is 6.09 Å². The number of fused-ring (bicyclic) bond motifs is 1. The number of carbonyl (C=O) groups is 2. The third-order valence-electron chi connectivity index (χ3n) is 3.85. The monoisotopic (exact) mass is 380 g/mol. The van der Waals surface area contributed by atoms with Crippen LogP contribution in [-0.2, 0) is 9.53 Å². The van der Waals surface area contributed by atoms with E-state index in [-0.39, 0.29) is 24.0 Å². The van der Waals surface area contributed by atoms with Gasteiger partial charge in [0.1, 0.15) is 17.4 Å². The smallest absolute Gasteiger partial charge is 0.408 e. The van der Waals surface area contributed by atoms with E-state index in [1.165, 1.54) is 0 Å². The van der Waals surface area contributed by atoms with Crippen LogP contribution in [0.15, 0.2) is 28.7 Å². The van der Waals surface area contributed by atoms with Crippen molar-refractivity contribution < 1.29 is 18.7 Å². The van der Waals surface area contributed by atoms with Crippen LogP contribution in [0, 0.1) is 5.92 Å². The summed E-state index contributed by atoms with van der Waals surface area (Å²) >= 11 is 5.99. The zero-order chi connectivity index (χ0) is 19.4. The minimum Gasteiger partial charge on any atom is -0.459 e. The first-order chi connectivity index (χ1) is 12.2. The van der Waals surface area contributed by atoms with E-state index in [1.54, 1.807) is 32.0 Å². The fraction of sp³-hybridized carbons (Fsp3) is 0.474. The maximum Gasteiger partial charge on any atom is 0.408 e. The summed E-state index contributed by atoms with van der Waals surface area (Å²) < 4.78 is 10.8. The summed E-state index contributed by atoms with van der Waals surface area (Å²) in [5.41, 5.74) is 0.699. The maximum absolute atomic E-state index is 12.6. The van der Waals surface area contributed by atoms with Crippen molar-refractivity contribution in [2.24, 2.45) is 5.92 Å². The topological polar surface area (TPSA) is 80.6 Å². The van der Waals surface area contributed by atoms with Crippen molar-refractivity contribution in [1.29, 1.82) is 0 Å². The number of benzene rings is 1. The molecule has 1 heterocycles. The van der Waals surface area contributed by atoms with Gasteiger partial charge in [0.05, 0.1) is 12.1 Å². The molecule has 2 aromatic rings. The number of halogens is 1. The molecule has 0 aliphatic carbocycles. The summed E-state index contributed by atoms with van der Waals surface area (Å²) in [6.07, 6.45) is -0.868.